The first kappa shape index (κ1) is 16.0. The predicted molar refractivity (Wildman–Crippen MR) is 86.0 cm³/mol. The fraction of sp³-hybridized carbons (Fsp3) is 0.611. The van der Waals surface area contributed by atoms with Gasteiger partial charge >= 0.3 is 0 Å². The molecule has 1 saturated heterocycles. The average Bonchev–Trinajstić information content (AvgIpc) is 2.54. The average molecular weight is 289 g/mol. The molecule has 2 unspecified atom stereocenters. The number of ketones is 1. The topological polar surface area (TPSA) is 29.5 Å². The van der Waals surface area contributed by atoms with Crippen LogP contribution in [-0.4, -0.2) is 36.4 Å². The van der Waals surface area contributed by atoms with Crippen LogP contribution in [0, 0.1) is 0 Å². The molecule has 0 spiro atoms. The predicted octanol–water partition coefficient (Wildman–Crippen LogP) is 3.92. The van der Waals surface area contributed by atoms with E-state index in [4.69, 9.17) is 4.74 Å². The van der Waals surface area contributed by atoms with Gasteiger partial charge in [-0.25, -0.2) is 0 Å². The molecule has 1 fully saturated rings. The summed E-state index contributed by atoms with van der Waals surface area (Å²) in [5.74, 6) is 1.02. The van der Waals surface area contributed by atoms with Crippen LogP contribution in [0.4, 0.5) is 0 Å². The number of methoxy groups -OCH3 is 1. The molecule has 21 heavy (non-hydrogen) atoms. The molecule has 0 aliphatic carbocycles. The van der Waals surface area contributed by atoms with Crippen LogP contribution in [0.3, 0.4) is 0 Å². The van der Waals surface area contributed by atoms with E-state index >= 15 is 0 Å². The summed E-state index contributed by atoms with van der Waals surface area (Å²) in [5.41, 5.74) is 0.782. The van der Waals surface area contributed by atoms with Crippen molar-refractivity contribution < 1.29 is 9.53 Å². The van der Waals surface area contributed by atoms with Gasteiger partial charge in [0.2, 0.25) is 0 Å². The lowest BCUT2D eigenvalue weighted by molar-refractivity contribution is 0.0649. The highest BCUT2D eigenvalue weighted by Gasteiger charge is 2.30. The highest BCUT2D eigenvalue weighted by Crippen LogP contribution is 2.25. The largest absolute Gasteiger partial charge is 0.497 e. The number of benzene rings is 1. The summed E-state index contributed by atoms with van der Waals surface area (Å²) in [7, 11) is 1.64. The second-order valence-electron chi connectivity index (χ2n) is 5.94. The van der Waals surface area contributed by atoms with E-state index in [0.29, 0.717) is 6.04 Å². The van der Waals surface area contributed by atoms with Gasteiger partial charge in [0.1, 0.15) is 5.75 Å². The minimum absolute atomic E-state index is 0.0322. The number of rotatable bonds is 6. The van der Waals surface area contributed by atoms with Crippen LogP contribution in [0.2, 0.25) is 0 Å². The summed E-state index contributed by atoms with van der Waals surface area (Å²) in [6, 6.07) is 8.00. The van der Waals surface area contributed by atoms with Crippen molar-refractivity contribution in [1.82, 2.24) is 4.90 Å². The molecule has 0 radical (unpaired) electrons. The van der Waals surface area contributed by atoms with Crippen molar-refractivity contribution in [2.24, 2.45) is 0 Å². The van der Waals surface area contributed by atoms with Crippen molar-refractivity contribution in [1.29, 1.82) is 0 Å². The maximum Gasteiger partial charge on any atom is 0.179 e. The number of hydrogen-bond donors (Lipinski definition) is 0. The van der Waals surface area contributed by atoms with Gasteiger partial charge in [-0.05, 0) is 57.0 Å². The van der Waals surface area contributed by atoms with E-state index in [9.17, 15) is 4.79 Å². The molecule has 0 N–H and O–H groups in total. The number of carbonyl (C=O) groups excluding carboxylic acids is 1. The Morgan fingerprint density at radius 2 is 2.05 bits per heavy atom. The number of nitrogens with zero attached hydrogens (tertiary/aromatic N) is 1. The highest BCUT2D eigenvalue weighted by molar-refractivity contribution is 6.00. The standard InChI is InChI=1S/C18H27NO2/c1-4-7-16-8-5-6-13-19(16)14(2)18(20)15-9-11-17(21-3)12-10-15/h9-12,14,16H,4-8,13H2,1-3H3. The Bertz CT molecular complexity index is 453. The quantitative estimate of drug-likeness (QED) is 0.743. The van der Waals surface area contributed by atoms with E-state index in [2.05, 4.69) is 18.7 Å². The maximum atomic E-state index is 12.7. The highest BCUT2D eigenvalue weighted by atomic mass is 16.5. The summed E-state index contributed by atoms with van der Waals surface area (Å²) in [4.78, 5) is 15.1. The molecule has 3 heteroatoms. The smallest absolute Gasteiger partial charge is 0.179 e. The van der Waals surface area contributed by atoms with Crippen LogP contribution in [0.5, 0.6) is 5.75 Å². The molecule has 1 aliphatic heterocycles. The van der Waals surface area contributed by atoms with Gasteiger partial charge in [0.25, 0.3) is 0 Å². The first-order valence-corrected chi connectivity index (χ1v) is 8.11. The molecular formula is C18H27NO2. The van der Waals surface area contributed by atoms with E-state index in [1.165, 1.54) is 32.1 Å². The molecule has 0 saturated carbocycles. The zero-order valence-electron chi connectivity index (χ0n) is 13.5. The van der Waals surface area contributed by atoms with Gasteiger partial charge < -0.3 is 4.74 Å². The summed E-state index contributed by atoms with van der Waals surface area (Å²) in [6.07, 6.45) is 6.12. The molecule has 1 heterocycles. The third kappa shape index (κ3) is 3.85. The number of ether oxygens (including phenoxy) is 1. The summed E-state index contributed by atoms with van der Waals surface area (Å²) >= 11 is 0. The fourth-order valence-electron chi connectivity index (χ4n) is 3.32. The van der Waals surface area contributed by atoms with Crippen LogP contribution in [0.1, 0.15) is 56.3 Å². The zero-order valence-corrected chi connectivity index (χ0v) is 13.5. The van der Waals surface area contributed by atoms with E-state index in [1.807, 2.05) is 24.3 Å². The molecular weight excluding hydrogens is 262 g/mol. The molecule has 0 amide bonds. The normalized spacial score (nSPS) is 21.0. The van der Waals surface area contributed by atoms with Crippen molar-refractivity contribution in [3.05, 3.63) is 29.8 Å². The van der Waals surface area contributed by atoms with Crippen molar-refractivity contribution >= 4 is 5.78 Å². The van der Waals surface area contributed by atoms with E-state index in [1.54, 1.807) is 7.11 Å². The van der Waals surface area contributed by atoms with E-state index < -0.39 is 0 Å². The molecule has 2 atom stereocenters. The number of carbonyl (C=O) groups is 1. The van der Waals surface area contributed by atoms with E-state index in [0.717, 1.165) is 17.9 Å². The zero-order chi connectivity index (χ0) is 15.2. The maximum absolute atomic E-state index is 12.7. The Hall–Kier alpha value is -1.35. The van der Waals surface area contributed by atoms with Gasteiger partial charge in [0.05, 0.1) is 13.2 Å². The second-order valence-corrected chi connectivity index (χ2v) is 5.94. The first-order valence-electron chi connectivity index (χ1n) is 8.11. The molecule has 0 bridgehead atoms. The molecule has 1 aliphatic rings. The Morgan fingerprint density at radius 1 is 1.33 bits per heavy atom. The van der Waals surface area contributed by atoms with Crippen molar-refractivity contribution in [2.45, 2.75) is 58.0 Å². The minimum Gasteiger partial charge on any atom is -0.497 e. The van der Waals surface area contributed by atoms with Gasteiger partial charge in [-0.1, -0.05) is 19.8 Å². The fourth-order valence-corrected chi connectivity index (χ4v) is 3.32. The van der Waals surface area contributed by atoms with Gasteiger partial charge in [-0.15, -0.1) is 0 Å². The SMILES string of the molecule is CCCC1CCCCN1C(C)C(=O)c1ccc(OC)cc1. The summed E-state index contributed by atoms with van der Waals surface area (Å²) in [5, 5.41) is 0. The number of likely N-dealkylation sites (tertiary alicyclic amines) is 1. The van der Waals surface area contributed by atoms with Gasteiger partial charge in [0.15, 0.2) is 5.78 Å². The summed E-state index contributed by atoms with van der Waals surface area (Å²) < 4.78 is 5.15. The van der Waals surface area contributed by atoms with Gasteiger partial charge in [-0.2, -0.15) is 0 Å². The third-order valence-corrected chi connectivity index (χ3v) is 4.55. The third-order valence-electron chi connectivity index (χ3n) is 4.55. The molecule has 3 nitrogen and oxygen atoms in total. The van der Waals surface area contributed by atoms with Crippen LogP contribution in [0.25, 0.3) is 0 Å². The van der Waals surface area contributed by atoms with Crippen LogP contribution in [0.15, 0.2) is 24.3 Å². The van der Waals surface area contributed by atoms with Gasteiger partial charge in [0, 0.05) is 11.6 Å². The number of piperidine rings is 1. The Labute approximate surface area is 128 Å². The lowest BCUT2D eigenvalue weighted by Crippen LogP contribution is -2.48. The van der Waals surface area contributed by atoms with Crippen molar-refractivity contribution in [2.75, 3.05) is 13.7 Å². The molecule has 1 aromatic carbocycles. The molecule has 0 aromatic heterocycles. The first-order chi connectivity index (χ1) is 10.2. The lowest BCUT2D eigenvalue weighted by atomic mass is 9.94. The number of Topliss-reactive ketones (excluding diaryl/α,β-unsaturated/α-hetero) is 1. The second kappa shape index (κ2) is 7.60. The van der Waals surface area contributed by atoms with E-state index in [-0.39, 0.29) is 11.8 Å². The summed E-state index contributed by atoms with van der Waals surface area (Å²) in [6.45, 7) is 5.33. The van der Waals surface area contributed by atoms with Crippen LogP contribution < -0.4 is 4.74 Å². The Morgan fingerprint density at radius 3 is 2.67 bits per heavy atom. The van der Waals surface area contributed by atoms with Crippen LogP contribution in [-0.2, 0) is 0 Å². The Balaban J connectivity index is 2.08. The Kier molecular flexibility index (Phi) is 5.80. The van der Waals surface area contributed by atoms with Gasteiger partial charge in [-0.3, -0.25) is 9.69 Å². The minimum atomic E-state index is -0.0322. The molecule has 1 aromatic rings. The monoisotopic (exact) mass is 289 g/mol. The number of hydrogen-bond acceptors (Lipinski definition) is 3. The molecule has 116 valence electrons. The lowest BCUT2D eigenvalue weighted by Gasteiger charge is -2.39. The van der Waals surface area contributed by atoms with Crippen molar-refractivity contribution in [3.63, 3.8) is 0 Å². The van der Waals surface area contributed by atoms with Crippen LogP contribution >= 0.6 is 0 Å². The van der Waals surface area contributed by atoms with Crippen molar-refractivity contribution in [3.8, 4) is 5.75 Å². The molecule has 2 rings (SSSR count).